The summed E-state index contributed by atoms with van der Waals surface area (Å²) in [6.45, 7) is 24.9. The van der Waals surface area contributed by atoms with Gasteiger partial charge in [-0.2, -0.15) is 0 Å². The second-order valence-electron chi connectivity index (χ2n) is 5.81. The van der Waals surface area contributed by atoms with E-state index in [-0.39, 0.29) is 23.5 Å². The summed E-state index contributed by atoms with van der Waals surface area (Å²) >= 11 is 0. The van der Waals surface area contributed by atoms with Crippen LogP contribution in [0.15, 0.2) is 49.1 Å². The van der Waals surface area contributed by atoms with Crippen LogP contribution in [0.3, 0.4) is 0 Å². The lowest BCUT2D eigenvalue weighted by Crippen LogP contribution is -2.05. The molecule has 8 heteroatoms. The van der Waals surface area contributed by atoms with Crippen LogP contribution in [0.1, 0.15) is 54.4 Å². The summed E-state index contributed by atoms with van der Waals surface area (Å²) in [5.41, 5.74) is 1.10. The van der Waals surface area contributed by atoms with Crippen molar-refractivity contribution in [3.63, 3.8) is 0 Å². The van der Waals surface area contributed by atoms with Crippen molar-refractivity contribution < 1.29 is 38.5 Å². The minimum atomic E-state index is -0.935. The Morgan fingerprint density at radius 1 is 0.774 bits per heavy atom. The van der Waals surface area contributed by atoms with Crippen molar-refractivity contribution in [3.8, 4) is 0 Å². The van der Waals surface area contributed by atoms with E-state index in [2.05, 4.69) is 42.7 Å². The molecule has 0 aromatic heterocycles. The zero-order valence-corrected chi connectivity index (χ0v) is 19.7. The number of hydrogen-bond acceptors (Lipinski definition) is 7. The third kappa shape index (κ3) is 34.7. The molecule has 0 saturated carbocycles. The summed E-state index contributed by atoms with van der Waals surface area (Å²) in [7, 11) is 0. The first-order valence-electron chi connectivity index (χ1n) is 9.65. The van der Waals surface area contributed by atoms with Gasteiger partial charge in [0.2, 0.25) is 0 Å². The van der Waals surface area contributed by atoms with Crippen LogP contribution in [-0.4, -0.2) is 48.8 Å². The van der Waals surface area contributed by atoms with Gasteiger partial charge in [0.15, 0.2) is 0 Å². The zero-order valence-electron chi connectivity index (χ0n) is 19.7. The Balaban J connectivity index is -0.000000160. The van der Waals surface area contributed by atoms with Gasteiger partial charge in [-0.25, -0.2) is 19.2 Å². The smallest absolute Gasteiger partial charge is 0.333 e. The average molecular weight is 443 g/mol. The van der Waals surface area contributed by atoms with Crippen LogP contribution < -0.4 is 0 Å². The number of ether oxygens (including phenoxy) is 3. The Morgan fingerprint density at radius 3 is 1.35 bits per heavy atom. The standard InChI is InChI=1S/C8H14O2.C6H10O2.C5H8O2.C4H6O2/c1-4-5-6-10-8(9)7(2)3;1-4-8-6(7)5(2)3;1-3-5(6)7-4-2;1-3(2)4(5)6/h2,4-6H2,1,3H3;2,4H2,1,3H3;3H,1,4H2,2H3;1H2,2H3,(H,5,6). The summed E-state index contributed by atoms with van der Waals surface area (Å²) in [5, 5.41) is 7.89. The molecule has 0 unspecified atom stereocenters. The maximum absolute atomic E-state index is 10.7. The van der Waals surface area contributed by atoms with E-state index in [1.165, 1.54) is 6.92 Å². The van der Waals surface area contributed by atoms with Crippen LogP contribution in [-0.2, 0) is 33.4 Å². The van der Waals surface area contributed by atoms with Crippen molar-refractivity contribution in [1.82, 2.24) is 0 Å². The fourth-order valence-corrected chi connectivity index (χ4v) is 0.888. The number of hydrogen-bond donors (Lipinski definition) is 1. The summed E-state index contributed by atoms with van der Waals surface area (Å²) in [4.78, 5) is 40.8. The van der Waals surface area contributed by atoms with E-state index in [0.717, 1.165) is 18.9 Å². The van der Waals surface area contributed by atoms with Crippen molar-refractivity contribution in [1.29, 1.82) is 0 Å². The third-order valence-corrected chi connectivity index (χ3v) is 2.52. The minimum absolute atomic E-state index is 0.176. The number of aliphatic carboxylic acids is 1. The molecular formula is C23H38O8. The average Bonchev–Trinajstić information content (AvgIpc) is 2.69. The Hall–Kier alpha value is -3.16. The molecule has 0 aromatic carbocycles. The van der Waals surface area contributed by atoms with Gasteiger partial charge in [0.05, 0.1) is 19.8 Å². The summed E-state index contributed by atoms with van der Waals surface area (Å²) in [5.74, 6) is -1.89. The highest BCUT2D eigenvalue weighted by atomic mass is 16.5. The summed E-state index contributed by atoms with van der Waals surface area (Å²) in [6, 6.07) is 0. The number of rotatable bonds is 9. The van der Waals surface area contributed by atoms with E-state index >= 15 is 0 Å². The molecule has 8 nitrogen and oxygen atoms in total. The van der Waals surface area contributed by atoms with Gasteiger partial charge in [-0.1, -0.05) is 39.7 Å². The Bertz CT molecular complexity index is 591. The van der Waals surface area contributed by atoms with Crippen molar-refractivity contribution in [3.05, 3.63) is 49.1 Å². The second kappa shape index (κ2) is 24.9. The van der Waals surface area contributed by atoms with Gasteiger partial charge in [-0.3, -0.25) is 0 Å². The highest BCUT2D eigenvalue weighted by Crippen LogP contribution is 1.94. The molecule has 0 radical (unpaired) electrons. The first-order valence-corrected chi connectivity index (χ1v) is 9.65. The predicted octanol–water partition coefficient (Wildman–Crippen LogP) is 4.41. The number of unbranched alkanes of at least 4 members (excludes halogenated alkanes) is 1. The van der Waals surface area contributed by atoms with Crippen LogP contribution in [0.25, 0.3) is 0 Å². The van der Waals surface area contributed by atoms with Crippen LogP contribution >= 0.6 is 0 Å². The SMILES string of the molecule is C=C(C)C(=O)O.C=C(C)C(=O)OCC.C=C(C)C(=O)OCCCC.C=CC(=O)OCC. The van der Waals surface area contributed by atoms with Gasteiger partial charge in [-0.15, -0.1) is 0 Å². The van der Waals surface area contributed by atoms with Crippen LogP contribution in [0.4, 0.5) is 0 Å². The van der Waals surface area contributed by atoms with Gasteiger partial charge in [0, 0.05) is 22.8 Å². The van der Waals surface area contributed by atoms with E-state index in [1.807, 2.05) is 0 Å². The molecule has 0 heterocycles. The molecule has 0 atom stereocenters. The molecule has 0 aliphatic carbocycles. The van der Waals surface area contributed by atoms with Gasteiger partial charge >= 0.3 is 23.9 Å². The number of carbonyl (C=O) groups excluding carboxylic acids is 3. The third-order valence-electron chi connectivity index (χ3n) is 2.52. The van der Waals surface area contributed by atoms with E-state index < -0.39 is 5.97 Å². The number of carboxylic acid groups (broad SMARTS) is 1. The molecule has 178 valence electrons. The molecule has 1 N–H and O–H groups in total. The lowest BCUT2D eigenvalue weighted by atomic mass is 10.3. The summed E-state index contributed by atoms with van der Waals surface area (Å²) in [6.07, 6.45) is 3.12. The zero-order chi connectivity index (χ0) is 25.4. The first-order chi connectivity index (χ1) is 14.3. The maximum Gasteiger partial charge on any atom is 0.333 e. The normalized spacial score (nSPS) is 8.19. The molecule has 0 fully saturated rings. The largest absolute Gasteiger partial charge is 0.478 e. The molecule has 0 saturated heterocycles. The van der Waals surface area contributed by atoms with Gasteiger partial charge < -0.3 is 19.3 Å². The Kier molecular flexibility index (Phi) is 28.3. The molecule has 0 aliphatic heterocycles. The molecule has 0 rings (SSSR count). The molecule has 0 bridgehead atoms. The minimum Gasteiger partial charge on any atom is -0.478 e. The lowest BCUT2D eigenvalue weighted by Gasteiger charge is -2.01. The van der Waals surface area contributed by atoms with Crippen LogP contribution in [0.5, 0.6) is 0 Å². The molecule has 0 amide bonds. The van der Waals surface area contributed by atoms with Crippen molar-refractivity contribution >= 4 is 23.9 Å². The highest BCUT2D eigenvalue weighted by molar-refractivity contribution is 5.87. The van der Waals surface area contributed by atoms with E-state index in [9.17, 15) is 19.2 Å². The van der Waals surface area contributed by atoms with Crippen LogP contribution in [0.2, 0.25) is 0 Å². The molecule has 0 aliphatic rings. The topological polar surface area (TPSA) is 116 Å². The first kappa shape index (κ1) is 35.3. The number of esters is 3. The quantitative estimate of drug-likeness (QED) is 0.241. The Morgan fingerprint density at radius 2 is 1.16 bits per heavy atom. The molecule has 31 heavy (non-hydrogen) atoms. The molecular weight excluding hydrogens is 404 g/mol. The second-order valence-corrected chi connectivity index (χ2v) is 5.81. The number of carboxylic acids is 1. The van der Waals surface area contributed by atoms with Crippen LogP contribution in [0, 0.1) is 0 Å². The fraction of sp³-hybridized carbons (Fsp3) is 0.478. The van der Waals surface area contributed by atoms with E-state index in [4.69, 9.17) is 9.84 Å². The predicted molar refractivity (Wildman–Crippen MR) is 121 cm³/mol. The van der Waals surface area contributed by atoms with E-state index in [1.54, 1.807) is 27.7 Å². The Labute approximate surface area is 186 Å². The van der Waals surface area contributed by atoms with Gasteiger partial charge in [-0.05, 0) is 41.0 Å². The van der Waals surface area contributed by atoms with Crippen molar-refractivity contribution in [2.24, 2.45) is 0 Å². The van der Waals surface area contributed by atoms with Gasteiger partial charge in [0.25, 0.3) is 0 Å². The molecule has 0 spiro atoms. The molecule has 0 aromatic rings. The summed E-state index contributed by atoms with van der Waals surface area (Å²) < 4.78 is 13.8. The monoisotopic (exact) mass is 442 g/mol. The van der Waals surface area contributed by atoms with Gasteiger partial charge in [0.1, 0.15) is 0 Å². The highest BCUT2D eigenvalue weighted by Gasteiger charge is 2.00. The van der Waals surface area contributed by atoms with Crippen molar-refractivity contribution in [2.45, 2.75) is 54.4 Å². The van der Waals surface area contributed by atoms with Crippen molar-refractivity contribution in [2.75, 3.05) is 19.8 Å². The maximum atomic E-state index is 10.7. The number of carbonyl (C=O) groups is 4. The fourth-order valence-electron chi connectivity index (χ4n) is 0.888. The van der Waals surface area contributed by atoms with E-state index in [0.29, 0.717) is 31.0 Å². The lowest BCUT2D eigenvalue weighted by molar-refractivity contribution is -0.139.